The van der Waals surface area contributed by atoms with Crippen molar-refractivity contribution in [2.24, 2.45) is 34.5 Å². The van der Waals surface area contributed by atoms with Crippen molar-refractivity contribution < 1.29 is 0 Å². The largest absolute Gasteiger partial charge is 0.316 e. The van der Waals surface area contributed by atoms with Gasteiger partial charge in [0.2, 0.25) is 0 Å². The van der Waals surface area contributed by atoms with Crippen LogP contribution in [-0.4, -0.2) is 13.1 Å². The van der Waals surface area contributed by atoms with E-state index < -0.39 is 0 Å². The minimum atomic E-state index is 0.515. The quantitative estimate of drug-likeness (QED) is 0.411. The van der Waals surface area contributed by atoms with Gasteiger partial charge in [0.15, 0.2) is 0 Å². The monoisotopic (exact) mass is 425 g/mol. The number of fused-ring (bicyclic) bond motifs is 3. The summed E-state index contributed by atoms with van der Waals surface area (Å²) in [7, 11) is 2.22. The molecule has 7 unspecified atom stereocenters. The smallest absolute Gasteiger partial charge is 0.0121 e. The van der Waals surface area contributed by atoms with E-state index in [-0.39, 0.29) is 0 Å². The predicted molar refractivity (Wildman–Crippen MR) is 135 cm³/mol. The van der Waals surface area contributed by atoms with Crippen molar-refractivity contribution in [1.29, 1.82) is 0 Å². The zero-order chi connectivity index (χ0) is 22.1. The fourth-order valence-corrected chi connectivity index (χ4v) is 9.07. The first-order valence-corrected chi connectivity index (χ1v) is 14.0. The number of nitrogens with one attached hydrogen (secondary N) is 1. The van der Waals surface area contributed by atoms with Gasteiger partial charge >= 0.3 is 0 Å². The van der Waals surface area contributed by atoms with E-state index in [1.807, 2.05) is 0 Å². The van der Waals surface area contributed by atoms with Crippen LogP contribution in [0.25, 0.3) is 0 Å². The van der Waals surface area contributed by atoms with Gasteiger partial charge in [0.05, 0.1) is 0 Å². The van der Waals surface area contributed by atoms with Crippen molar-refractivity contribution >= 4 is 0 Å². The fraction of sp³-hybridized carbons (Fsp3) is 0.867. The van der Waals surface area contributed by atoms with Crippen molar-refractivity contribution in [3.8, 4) is 0 Å². The van der Waals surface area contributed by atoms with Gasteiger partial charge in [-0.05, 0) is 119 Å². The van der Waals surface area contributed by atoms with Gasteiger partial charge in [-0.25, -0.2) is 0 Å². The molecule has 4 rings (SSSR count). The molecule has 4 aliphatic carbocycles. The van der Waals surface area contributed by atoms with Crippen molar-refractivity contribution in [2.45, 2.75) is 124 Å². The molecule has 1 nitrogen and oxygen atoms in total. The molecule has 0 radical (unpaired) electrons. The molecular weight excluding hydrogens is 374 g/mol. The van der Waals surface area contributed by atoms with Crippen LogP contribution >= 0.6 is 0 Å². The highest BCUT2D eigenvalue weighted by molar-refractivity contribution is 5.29. The van der Waals surface area contributed by atoms with Crippen LogP contribution in [0.5, 0.6) is 0 Å². The van der Waals surface area contributed by atoms with E-state index in [1.165, 1.54) is 89.9 Å². The molecule has 1 heteroatoms. The summed E-state index contributed by atoms with van der Waals surface area (Å²) >= 11 is 0. The van der Waals surface area contributed by atoms with Crippen molar-refractivity contribution in [2.75, 3.05) is 7.05 Å². The van der Waals surface area contributed by atoms with Crippen molar-refractivity contribution in [1.82, 2.24) is 5.32 Å². The van der Waals surface area contributed by atoms with Crippen LogP contribution in [0.3, 0.4) is 0 Å². The number of hydrogen-bond acceptors (Lipinski definition) is 1. The second-order valence-electron chi connectivity index (χ2n) is 12.2. The van der Waals surface area contributed by atoms with Gasteiger partial charge in [0.25, 0.3) is 0 Å². The normalized spacial score (nSPS) is 41.2. The zero-order valence-electron chi connectivity index (χ0n) is 21.4. The van der Waals surface area contributed by atoms with Crippen LogP contribution < -0.4 is 5.32 Å². The Kier molecular flexibility index (Phi) is 7.41. The molecule has 0 aromatic rings. The molecule has 0 spiro atoms. The molecule has 3 fully saturated rings. The first-order valence-electron chi connectivity index (χ1n) is 14.0. The molecule has 0 aromatic carbocycles. The average molecular weight is 426 g/mol. The topological polar surface area (TPSA) is 12.0 Å². The molecule has 1 N–H and O–H groups in total. The second kappa shape index (κ2) is 9.74. The van der Waals surface area contributed by atoms with Crippen LogP contribution in [-0.2, 0) is 0 Å². The molecule has 7 atom stereocenters. The highest BCUT2D eigenvalue weighted by Gasteiger charge is 2.57. The molecule has 4 aliphatic rings. The van der Waals surface area contributed by atoms with Crippen molar-refractivity contribution in [3.63, 3.8) is 0 Å². The summed E-state index contributed by atoms with van der Waals surface area (Å²) in [5.74, 6) is 3.75. The Bertz CT molecular complexity index is 674. The molecule has 176 valence electrons. The van der Waals surface area contributed by atoms with Crippen LogP contribution in [0.2, 0.25) is 0 Å². The maximum Gasteiger partial charge on any atom is 0.0121 e. The first kappa shape index (κ1) is 23.6. The van der Waals surface area contributed by atoms with Gasteiger partial charge in [0.1, 0.15) is 0 Å². The molecule has 0 aliphatic heterocycles. The fourth-order valence-electron chi connectivity index (χ4n) is 9.07. The van der Waals surface area contributed by atoms with E-state index in [9.17, 15) is 0 Å². The van der Waals surface area contributed by atoms with Gasteiger partial charge in [0, 0.05) is 6.04 Å². The zero-order valence-corrected chi connectivity index (χ0v) is 21.4. The summed E-state index contributed by atoms with van der Waals surface area (Å²) in [6, 6.07) is 0.735. The van der Waals surface area contributed by atoms with Gasteiger partial charge in [-0.15, -0.1) is 0 Å². The van der Waals surface area contributed by atoms with Gasteiger partial charge in [-0.3, -0.25) is 0 Å². The Morgan fingerprint density at radius 1 is 1.06 bits per heavy atom. The molecule has 0 bridgehead atoms. The number of allylic oxidation sites excluding steroid dienone is 4. The summed E-state index contributed by atoms with van der Waals surface area (Å²) in [5, 5.41) is 3.75. The predicted octanol–water partition coefficient (Wildman–Crippen LogP) is 8.46. The lowest BCUT2D eigenvalue weighted by Gasteiger charge is -2.59. The molecule has 31 heavy (non-hydrogen) atoms. The Labute approximate surface area is 193 Å². The molecule has 0 aromatic heterocycles. The van der Waals surface area contributed by atoms with E-state index >= 15 is 0 Å². The van der Waals surface area contributed by atoms with Crippen LogP contribution in [0.15, 0.2) is 23.3 Å². The third-order valence-electron chi connectivity index (χ3n) is 10.9. The van der Waals surface area contributed by atoms with Gasteiger partial charge < -0.3 is 5.32 Å². The minimum Gasteiger partial charge on any atom is -0.316 e. The summed E-state index contributed by atoms with van der Waals surface area (Å²) in [6.07, 6.45) is 25.1. The maximum absolute atomic E-state index is 3.75. The summed E-state index contributed by atoms with van der Waals surface area (Å²) in [6.45, 7) is 9.84. The lowest BCUT2D eigenvalue weighted by Crippen LogP contribution is -2.56. The lowest BCUT2D eigenvalue weighted by atomic mass is 9.47. The summed E-state index contributed by atoms with van der Waals surface area (Å²) in [5.41, 5.74) is 4.59. The second-order valence-corrected chi connectivity index (χ2v) is 12.2. The molecule has 3 saturated carbocycles. The standard InChI is InChI=1S/C30H51N/c1-6-17-29(4)26-16-20-30(18-9-12-27(30)25(26)13-14-28(29)31-5)19-15-23-10-8-11-24(21-23)22(3)7-2/h10,21-22,25-28,31H,6-9,11-20H2,1-5H3. The first-order chi connectivity index (χ1) is 15.0. The van der Waals surface area contributed by atoms with E-state index in [0.29, 0.717) is 10.8 Å². The van der Waals surface area contributed by atoms with Gasteiger partial charge in [-0.1, -0.05) is 63.8 Å². The third kappa shape index (κ3) is 4.34. The lowest BCUT2D eigenvalue weighted by molar-refractivity contribution is -0.0827. The average Bonchev–Trinajstić information content (AvgIpc) is 3.22. The number of hydrogen-bond donors (Lipinski definition) is 1. The van der Waals surface area contributed by atoms with Crippen LogP contribution in [0, 0.1) is 34.5 Å². The minimum absolute atomic E-state index is 0.515. The number of rotatable bonds is 8. The van der Waals surface area contributed by atoms with E-state index in [4.69, 9.17) is 0 Å². The Morgan fingerprint density at radius 3 is 2.65 bits per heavy atom. The Hall–Kier alpha value is -0.560. The van der Waals surface area contributed by atoms with E-state index in [2.05, 4.69) is 52.2 Å². The molecule has 0 amide bonds. The molecular formula is C30H51N. The highest BCUT2D eigenvalue weighted by atomic mass is 14.9. The summed E-state index contributed by atoms with van der Waals surface area (Å²) < 4.78 is 0. The SMILES string of the molecule is CCCC1(C)C(NC)CCC2C3CCCC3(CCC3=CCCC(C(C)CC)=C3)CCC21. The van der Waals surface area contributed by atoms with Crippen LogP contribution in [0.4, 0.5) is 0 Å². The van der Waals surface area contributed by atoms with Crippen LogP contribution in [0.1, 0.15) is 118 Å². The Balaban J connectivity index is 1.48. The van der Waals surface area contributed by atoms with Gasteiger partial charge in [-0.2, -0.15) is 0 Å². The molecule has 0 heterocycles. The molecule has 0 saturated heterocycles. The van der Waals surface area contributed by atoms with E-state index in [0.717, 1.165) is 29.7 Å². The maximum atomic E-state index is 3.75. The Morgan fingerprint density at radius 2 is 1.90 bits per heavy atom. The highest BCUT2D eigenvalue weighted by Crippen LogP contribution is 2.65. The third-order valence-corrected chi connectivity index (χ3v) is 10.9. The summed E-state index contributed by atoms with van der Waals surface area (Å²) in [4.78, 5) is 0. The van der Waals surface area contributed by atoms with E-state index in [1.54, 1.807) is 11.1 Å². The van der Waals surface area contributed by atoms with Crippen molar-refractivity contribution in [3.05, 3.63) is 23.3 Å².